The van der Waals surface area contributed by atoms with Gasteiger partial charge in [0.2, 0.25) is 10.0 Å². The molecule has 128 valence electrons. The van der Waals surface area contributed by atoms with E-state index in [1.807, 2.05) is 49.4 Å². The fourth-order valence-electron chi connectivity index (χ4n) is 3.48. The lowest BCUT2D eigenvalue weighted by atomic mass is 9.89. The van der Waals surface area contributed by atoms with Gasteiger partial charge in [0.05, 0.1) is 5.75 Å². The van der Waals surface area contributed by atoms with Gasteiger partial charge < -0.3 is 5.73 Å². The van der Waals surface area contributed by atoms with Gasteiger partial charge in [0.25, 0.3) is 0 Å². The molecule has 3 rings (SSSR count). The van der Waals surface area contributed by atoms with Gasteiger partial charge in [-0.25, -0.2) is 12.7 Å². The number of hydrogen-bond acceptors (Lipinski definition) is 3. The van der Waals surface area contributed by atoms with Crippen molar-refractivity contribution in [3.63, 3.8) is 0 Å². The van der Waals surface area contributed by atoms with Crippen LogP contribution in [0, 0.1) is 12.8 Å². The molecule has 0 aliphatic carbocycles. The van der Waals surface area contributed by atoms with Crippen LogP contribution in [0.3, 0.4) is 0 Å². The lowest BCUT2D eigenvalue weighted by Crippen LogP contribution is -2.31. The van der Waals surface area contributed by atoms with E-state index in [0.717, 1.165) is 11.1 Å². The van der Waals surface area contributed by atoms with E-state index < -0.39 is 10.0 Å². The molecule has 0 bridgehead atoms. The van der Waals surface area contributed by atoms with Crippen LogP contribution in [0.15, 0.2) is 54.6 Å². The van der Waals surface area contributed by atoms with E-state index in [1.54, 1.807) is 4.31 Å². The highest BCUT2D eigenvalue weighted by Crippen LogP contribution is 2.34. The molecule has 5 heteroatoms. The fourth-order valence-corrected chi connectivity index (χ4v) is 5.07. The van der Waals surface area contributed by atoms with E-state index in [0.29, 0.717) is 19.6 Å². The Bertz CT molecular complexity index is 790. The summed E-state index contributed by atoms with van der Waals surface area (Å²) in [5.41, 5.74) is 9.00. The molecule has 0 unspecified atom stereocenters. The Balaban J connectivity index is 1.79. The van der Waals surface area contributed by atoms with Gasteiger partial charge in [-0.05, 0) is 30.5 Å². The second-order valence-electron chi connectivity index (χ2n) is 6.58. The predicted octanol–water partition coefficient (Wildman–Crippen LogP) is 2.50. The zero-order valence-electron chi connectivity index (χ0n) is 13.9. The molecule has 2 N–H and O–H groups in total. The van der Waals surface area contributed by atoms with Crippen LogP contribution in [0.25, 0.3) is 0 Å². The van der Waals surface area contributed by atoms with Gasteiger partial charge in [-0.15, -0.1) is 0 Å². The average Bonchev–Trinajstić information content (AvgIpc) is 3.00. The third-order valence-electron chi connectivity index (χ3n) is 4.76. The molecule has 2 atom stereocenters. The van der Waals surface area contributed by atoms with E-state index in [1.165, 1.54) is 5.56 Å². The number of rotatable bonds is 5. The Hall–Kier alpha value is -1.69. The summed E-state index contributed by atoms with van der Waals surface area (Å²) in [6.45, 7) is 3.49. The van der Waals surface area contributed by atoms with Crippen molar-refractivity contribution in [3.05, 3.63) is 71.3 Å². The standard InChI is InChI=1S/C19H24N2O2S/c1-15-6-5-7-16(10-15)14-24(22,23)21-12-18(11-20)19(13-21)17-8-3-2-4-9-17/h2-10,18-19H,11-14,20H2,1H3/t18-,19+/m1/s1. The minimum Gasteiger partial charge on any atom is -0.330 e. The molecule has 2 aromatic rings. The molecule has 0 aromatic heterocycles. The van der Waals surface area contributed by atoms with Crippen molar-refractivity contribution in [2.75, 3.05) is 19.6 Å². The second kappa shape index (κ2) is 7.05. The van der Waals surface area contributed by atoms with Crippen molar-refractivity contribution in [2.24, 2.45) is 11.7 Å². The molecule has 0 radical (unpaired) electrons. The number of sulfonamides is 1. The summed E-state index contributed by atoms with van der Waals surface area (Å²) >= 11 is 0. The quantitative estimate of drug-likeness (QED) is 0.906. The lowest BCUT2D eigenvalue weighted by molar-refractivity contribution is 0.458. The number of nitrogens with zero attached hydrogens (tertiary/aromatic N) is 1. The molecular weight excluding hydrogens is 320 g/mol. The van der Waals surface area contributed by atoms with Gasteiger partial charge >= 0.3 is 0 Å². The topological polar surface area (TPSA) is 63.4 Å². The fraction of sp³-hybridized carbons (Fsp3) is 0.368. The predicted molar refractivity (Wildman–Crippen MR) is 97.1 cm³/mol. The third kappa shape index (κ3) is 3.69. The van der Waals surface area contributed by atoms with E-state index in [-0.39, 0.29) is 17.6 Å². The lowest BCUT2D eigenvalue weighted by Gasteiger charge is -2.17. The smallest absolute Gasteiger partial charge is 0.218 e. The highest BCUT2D eigenvalue weighted by atomic mass is 32.2. The zero-order valence-corrected chi connectivity index (χ0v) is 14.7. The number of benzene rings is 2. The summed E-state index contributed by atoms with van der Waals surface area (Å²) in [4.78, 5) is 0. The summed E-state index contributed by atoms with van der Waals surface area (Å²) in [6, 6.07) is 17.8. The summed E-state index contributed by atoms with van der Waals surface area (Å²) in [6.07, 6.45) is 0. The summed E-state index contributed by atoms with van der Waals surface area (Å²) < 4.78 is 27.3. The van der Waals surface area contributed by atoms with Gasteiger partial charge in [0.1, 0.15) is 0 Å². The van der Waals surface area contributed by atoms with Crippen molar-refractivity contribution in [2.45, 2.75) is 18.6 Å². The van der Waals surface area contributed by atoms with Crippen molar-refractivity contribution in [3.8, 4) is 0 Å². The van der Waals surface area contributed by atoms with Gasteiger partial charge in [0.15, 0.2) is 0 Å². The van der Waals surface area contributed by atoms with Gasteiger partial charge in [-0.3, -0.25) is 0 Å². The maximum Gasteiger partial charge on any atom is 0.218 e. The van der Waals surface area contributed by atoms with Crippen molar-refractivity contribution in [1.82, 2.24) is 4.31 Å². The van der Waals surface area contributed by atoms with Gasteiger partial charge in [-0.2, -0.15) is 0 Å². The van der Waals surface area contributed by atoms with Crippen LogP contribution in [0.5, 0.6) is 0 Å². The van der Waals surface area contributed by atoms with Crippen molar-refractivity contribution >= 4 is 10.0 Å². The molecule has 4 nitrogen and oxygen atoms in total. The summed E-state index contributed by atoms with van der Waals surface area (Å²) in [5, 5.41) is 0. The van der Waals surface area contributed by atoms with Crippen LogP contribution in [0.2, 0.25) is 0 Å². The molecule has 0 saturated carbocycles. The third-order valence-corrected chi connectivity index (χ3v) is 6.55. The maximum atomic E-state index is 12.8. The van der Waals surface area contributed by atoms with Crippen LogP contribution in [-0.4, -0.2) is 32.4 Å². The minimum absolute atomic E-state index is 0.0491. The van der Waals surface area contributed by atoms with Gasteiger partial charge in [-0.1, -0.05) is 60.2 Å². The molecule has 1 aliphatic heterocycles. The first kappa shape index (κ1) is 17.1. The molecule has 0 amide bonds. The Morgan fingerprint density at radius 1 is 1.08 bits per heavy atom. The zero-order chi connectivity index (χ0) is 17.2. The van der Waals surface area contributed by atoms with E-state index >= 15 is 0 Å². The molecule has 1 saturated heterocycles. The van der Waals surface area contributed by atoms with Crippen LogP contribution in [-0.2, 0) is 15.8 Å². The Kier molecular flexibility index (Phi) is 5.04. The van der Waals surface area contributed by atoms with E-state index in [2.05, 4.69) is 12.1 Å². The monoisotopic (exact) mass is 344 g/mol. The molecular formula is C19H24N2O2S. The largest absolute Gasteiger partial charge is 0.330 e. The second-order valence-corrected chi connectivity index (χ2v) is 8.54. The Morgan fingerprint density at radius 2 is 1.83 bits per heavy atom. The first-order valence-corrected chi connectivity index (χ1v) is 9.89. The molecule has 2 aromatic carbocycles. The molecule has 1 aliphatic rings. The number of aryl methyl sites for hydroxylation is 1. The van der Waals surface area contributed by atoms with Crippen LogP contribution in [0.4, 0.5) is 0 Å². The first-order chi connectivity index (χ1) is 11.5. The summed E-state index contributed by atoms with van der Waals surface area (Å²) in [7, 11) is -3.34. The number of nitrogens with two attached hydrogens (primary N) is 1. The highest BCUT2D eigenvalue weighted by Gasteiger charge is 2.38. The van der Waals surface area contributed by atoms with Crippen molar-refractivity contribution in [1.29, 1.82) is 0 Å². The van der Waals surface area contributed by atoms with Gasteiger partial charge in [0, 0.05) is 19.0 Å². The first-order valence-electron chi connectivity index (χ1n) is 8.28. The molecule has 0 spiro atoms. The molecule has 24 heavy (non-hydrogen) atoms. The van der Waals surface area contributed by atoms with Crippen molar-refractivity contribution < 1.29 is 8.42 Å². The van der Waals surface area contributed by atoms with E-state index in [4.69, 9.17) is 5.73 Å². The Morgan fingerprint density at radius 3 is 2.50 bits per heavy atom. The minimum atomic E-state index is -3.34. The summed E-state index contributed by atoms with van der Waals surface area (Å²) in [5.74, 6) is 0.385. The molecule has 1 fully saturated rings. The van der Waals surface area contributed by atoms with Crippen LogP contribution >= 0.6 is 0 Å². The molecule has 1 heterocycles. The SMILES string of the molecule is Cc1cccc(CS(=O)(=O)N2C[C@@H](CN)[C@H](c3ccccc3)C2)c1. The van der Waals surface area contributed by atoms with E-state index in [9.17, 15) is 8.42 Å². The van der Waals surface area contributed by atoms with Crippen LogP contribution < -0.4 is 5.73 Å². The maximum absolute atomic E-state index is 12.8. The average molecular weight is 344 g/mol. The Labute approximate surface area is 144 Å². The normalized spacial score (nSPS) is 21.9. The van der Waals surface area contributed by atoms with Crippen LogP contribution in [0.1, 0.15) is 22.6 Å². The number of hydrogen-bond donors (Lipinski definition) is 1. The highest BCUT2D eigenvalue weighted by molar-refractivity contribution is 7.88.